The molecule has 0 bridgehead atoms. The minimum absolute atomic E-state index is 0.132. The summed E-state index contributed by atoms with van der Waals surface area (Å²) in [5.74, 6) is 7.56. The number of nitrogens with zero attached hydrogens (tertiary/aromatic N) is 2. The van der Waals surface area contributed by atoms with Crippen LogP contribution in [0.25, 0.3) is 0 Å². The number of ether oxygens (including phenoxy) is 2. The molecule has 27 heavy (non-hydrogen) atoms. The van der Waals surface area contributed by atoms with Gasteiger partial charge in [0, 0.05) is 38.8 Å². The SMILES string of the molecule is COCCCNc1nc(Cl)ncc1C#CC1CC(CC(=O)OC(C)(C)C)C1. The van der Waals surface area contributed by atoms with Gasteiger partial charge in [0.1, 0.15) is 11.4 Å². The van der Waals surface area contributed by atoms with Gasteiger partial charge in [0.15, 0.2) is 0 Å². The lowest BCUT2D eigenvalue weighted by molar-refractivity contribution is -0.156. The maximum absolute atomic E-state index is 11.9. The fraction of sp³-hybridized carbons (Fsp3) is 0.650. The van der Waals surface area contributed by atoms with Crippen LogP contribution in [-0.4, -0.2) is 41.8 Å². The van der Waals surface area contributed by atoms with Gasteiger partial charge >= 0.3 is 5.97 Å². The summed E-state index contributed by atoms with van der Waals surface area (Å²) in [5, 5.41) is 3.42. The summed E-state index contributed by atoms with van der Waals surface area (Å²) in [6.07, 6.45) is 4.79. The Kier molecular flexibility index (Phi) is 7.88. The van der Waals surface area contributed by atoms with Crippen LogP contribution in [0.5, 0.6) is 0 Å². The van der Waals surface area contributed by atoms with E-state index in [2.05, 4.69) is 27.1 Å². The number of aromatic nitrogens is 2. The number of halogens is 1. The van der Waals surface area contributed by atoms with E-state index in [9.17, 15) is 4.79 Å². The molecule has 0 amide bonds. The van der Waals surface area contributed by atoms with Gasteiger partial charge in [-0.1, -0.05) is 11.8 Å². The van der Waals surface area contributed by atoms with Crippen LogP contribution in [0.1, 0.15) is 52.0 Å². The molecule has 1 fully saturated rings. The summed E-state index contributed by atoms with van der Waals surface area (Å²) in [6.45, 7) is 7.05. The van der Waals surface area contributed by atoms with Crippen LogP contribution in [0.2, 0.25) is 5.28 Å². The number of hydrogen-bond acceptors (Lipinski definition) is 6. The van der Waals surface area contributed by atoms with Crippen LogP contribution in [0, 0.1) is 23.7 Å². The van der Waals surface area contributed by atoms with Crippen LogP contribution < -0.4 is 5.32 Å². The third kappa shape index (κ3) is 7.74. The molecular weight excluding hydrogens is 366 g/mol. The van der Waals surface area contributed by atoms with E-state index >= 15 is 0 Å². The monoisotopic (exact) mass is 393 g/mol. The zero-order chi connectivity index (χ0) is 19.9. The molecule has 0 saturated heterocycles. The normalized spacial score (nSPS) is 18.9. The van der Waals surface area contributed by atoms with Crippen molar-refractivity contribution in [3.05, 3.63) is 17.0 Å². The van der Waals surface area contributed by atoms with Gasteiger partial charge in [-0.15, -0.1) is 0 Å². The van der Waals surface area contributed by atoms with E-state index in [-0.39, 0.29) is 17.2 Å². The van der Waals surface area contributed by atoms with Gasteiger partial charge in [0.05, 0.1) is 5.56 Å². The molecule has 2 rings (SSSR count). The molecule has 6 nitrogen and oxygen atoms in total. The van der Waals surface area contributed by atoms with Crippen LogP contribution in [0.3, 0.4) is 0 Å². The van der Waals surface area contributed by atoms with Gasteiger partial charge in [-0.2, -0.15) is 4.98 Å². The molecule has 0 atom stereocenters. The van der Waals surface area contributed by atoms with Crippen LogP contribution in [0.4, 0.5) is 5.82 Å². The van der Waals surface area contributed by atoms with E-state index in [1.165, 1.54) is 0 Å². The van der Waals surface area contributed by atoms with E-state index in [1.54, 1.807) is 13.3 Å². The largest absolute Gasteiger partial charge is 0.460 e. The van der Waals surface area contributed by atoms with Gasteiger partial charge in [-0.05, 0) is 57.6 Å². The first-order valence-corrected chi connectivity index (χ1v) is 9.63. The van der Waals surface area contributed by atoms with Crippen molar-refractivity contribution in [2.24, 2.45) is 11.8 Å². The average molecular weight is 394 g/mol. The molecule has 0 unspecified atom stereocenters. The molecule has 7 heteroatoms. The molecule has 0 spiro atoms. The Bertz CT molecular complexity index is 701. The number of rotatable bonds is 7. The van der Waals surface area contributed by atoms with Crippen LogP contribution >= 0.6 is 11.6 Å². The van der Waals surface area contributed by atoms with Crippen molar-refractivity contribution in [2.45, 2.75) is 52.1 Å². The average Bonchev–Trinajstić information content (AvgIpc) is 2.53. The van der Waals surface area contributed by atoms with Crippen molar-refractivity contribution in [2.75, 3.05) is 25.6 Å². The highest BCUT2D eigenvalue weighted by molar-refractivity contribution is 6.28. The van der Waals surface area contributed by atoms with Gasteiger partial charge in [-0.3, -0.25) is 4.79 Å². The van der Waals surface area contributed by atoms with E-state index in [0.29, 0.717) is 24.8 Å². The van der Waals surface area contributed by atoms with Crippen LogP contribution in [0.15, 0.2) is 6.20 Å². The summed E-state index contributed by atoms with van der Waals surface area (Å²) >= 11 is 5.89. The zero-order valence-electron chi connectivity index (χ0n) is 16.5. The quantitative estimate of drug-likeness (QED) is 0.329. The van der Waals surface area contributed by atoms with Gasteiger partial charge in [0.2, 0.25) is 5.28 Å². The van der Waals surface area contributed by atoms with Crippen molar-refractivity contribution in [1.29, 1.82) is 0 Å². The maximum atomic E-state index is 11.9. The Balaban J connectivity index is 1.85. The molecule has 148 valence electrons. The van der Waals surface area contributed by atoms with E-state index in [4.69, 9.17) is 21.1 Å². The molecule has 1 aliphatic rings. The van der Waals surface area contributed by atoms with Crippen molar-refractivity contribution >= 4 is 23.4 Å². The highest BCUT2D eigenvalue weighted by Gasteiger charge is 2.31. The van der Waals surface area contributed by atoms with Crippen molar-refractivity contribution < 1.29 is 14.3 Å². The van der Waals surface area contributed by atoms with E-state index < -0.39 is 5.60 Å². The molecule has 1 heterocycles. The number of carbonyl (C=O) groups excluding carboxylic acids is 1. The minimum atomic E-state index is -0.429. The summed E-state index contributed by atoms with van der Waals surface area (Å²) in [6, 6.07) is 0. The van der Waals surface area contributed by atoms with Crippen molar-refractivity contribution in [3.63, 3.8) is 0 Å². The Labute approximate surface area is 166 Å². The lowest BCUT2D eigenvalue weighted by atomic mass is 9.73. The highest BCUT2D eigenvalue weighted by atomic mass is 35.5. The number of anilines is 1. The Morgan fingerprint density at radius 2 is 2.15 bits per heavy atom. The summed E-state index contributed by atoms with van der Waals surface area (Å²) in [7, 11) is 1.67. The summed E-state index contributed by atoms with van der Waals surface area (Å²) < 4.78 is 10.4. The predicted molar refractivity (Wildman–Crippen MR) is 106 cm³/mol. The fourth-order valence-electron chi connectivity index (χ4n) is 2.83. The molecular formula is C20H28ClN3O3. The van der Waals surface area contributed by atoms with E-state index in [1.807, 2.05) is 20.8 Å². The Morgan fingerprint density at radius 3 is 2.81 bits per heavy atom. The Morgan fingerprint density at radius 1 is 1.41 bits per heavy atom. The van der Waals surface area contributed by atoms with Gasteiger partial charge in [0.25, 0.3) is 0 Å². The first-order valence-electron chi connectivity index (χ1n) is 9.25. The molecule has 1 N–H and O–H groups in total. The predicted octanol–water partition coefficient (Wildman–Crippen LogP) is 3.69. The molecule has 0 radical (unpaired) electrons. The third-order valence-corrected chi connectivity index (χ3v) is 4.28. The number of nitrogens with one attached hydrogen (secondary N) is 1. The summed E-state index contributed by atoms with van der Waals surface area (Å²) in [4.78, 5) is 20.1. The van der Waals surface area contributed by atoms with Gasteiger partial charge in [-0.25, -0.2) is 4.98 Å². The first-order chi connectivity index (χ1) is 12.8. The minimum Gasteiger partial charge on any atom is -0.460 e. The summed E-state index contributed by atoms with van der Waals surface area (Å²) in [5.41, 5.74) is 0.300. The molecule has 1 aromatic rings. The number of esters is 1. The second-order valence-corrected chi connectivity index (χ2v) is 8.11. The third-order valence-electron chi connectivity index (χ3n) is 4.10. The second kappa shape index (κ2) is 9.91. The molecule has 1 aromatic heterocycles. The maximum Gasteiger partial charge on any atom is 0.306 e. The number of methoxy groups -OCH3 is 1. The lowest BCUT2D eigenvalue weighted by Crippen LogP contribution is -2.29. The fourth-order valence-corrected chi connectivity index (χ4v) is 2.96. The molecule has 1 saturated carbocycles. The standard InChI is InChI=1S/C20H28ClN3O3/c1-20(2,3)27-17(25)12-15-10-14(11-15)6-7-16-13-23-19(21)24-18(16)22-8-5-9-26-4/h13-15H,5,8-12H2,1-4H3,(H,22,23,24). The van der Waals surface area contributed by atoms with Crippen molar-refractivity contribution in [1.82, 2.24) is 9.97 Å². The number of carbonyl (C=O) groups is 1. The van der Waals surface area contributed by atoms with Gasteiger partial charge < -0.3 is 14.8 Å². The lowest BCUT2D eigenvalue weighted by Gasteiger charge is -2.32. The molecule has 0 aliphatic heterocycles. The Hall–Kier alpha value is -1.84. The second-order valence-electron chi connectivity index (χ2n) is 7.77. The van der Waals surface area contributed by atoms with Crippen molar-refractivity contribution in [3.8, 4) is 11.8 Å². The number of hydrogen-bond donors (Lipinski definition) is 1. The van der Waals surface area contributed by atoms with Crippen LogP contribution in [-0.2, 0) is 14.3 Å². The highest BCUT2D eigenvalue weighted by Crippen LogP contribution is 2.36. The zero-order valence-corrected chi connectivity index (χ0v) is 17.2. The smallest absolute Gasteiger partial charge is 0.306 e. The molecule has 0 aromatic carbocycles. The van der Waals surface area contributed by atoms with E-state index in [0.717, 1.165) is 31.4 Å². The first kappa shape index (κ1) is 21.5. The molecule has 1 aliphatic carbocycles. The topological polar surface area (TPSA) is 73.3 Å².